The van der Waals surface area contributed by atoms with Gasteiger partial charge in [0.2, 0.25) is 5.91 Å². The lowest BCUT2D eigenvalue weighted by molar-refractivity contribution is -0.128. The van der Waals surface area contributed by atoms with Gasteiger partial charge in [-0.25, -0.2) is 0 Å². The maximum Gasteiger partial charge on any atom is 0.246 e. The van der Waals surface area contributed by atoms with Crippen molar-refractivity contribution in [2.24, 2.45) is 0 Å². The summed E-state index contributed by atoms with van der Waals surface area (Å²) in [7, 11) is 2.02. The van der Waals surface area contributed by atoms with Crippen LogP contribution in [0.5, 0.6) is 0 Å². The van der Waals surface area contributed by atoms with Crippen LogP contribution in [-0.4, -0.2) is 51.8 Å². The van der Waals surface area contributed by atoms with Gasteiger partial charge in [0.1, 0.15) is 6.61 Å². The van der Waals surface area contributed by atoms with Crippen molar-refractivity contribution in [3.63, 3.8) is 0 Å². The van der Waals surface area contributed by atoms with Gasteiger partial charge in [0, 0.05) is 25.8 Å². The van der Waals surface area contributed by atoms with Crippen molar-refractivity contribution in [2.75, 3.05) is 44.7 Å². The average Bonchev–Trinajstić information content (AvgIpc) is 2.54. The monoisotopic (exact) mass is 327 g/mol. The fraction of sp³-hybridized carbons (Fsp3) is 0.562. The van der Waals surface area contributed by atoms with Crippen LogP contribution in [0.15, 0.2) is 30.3 Å². The van der Waals surface area contributed by atoms with Crippen LogP contribution < -0.4 is 15.5 Å². The summed E-state index contributed by atoms with van der Waals surface area (Å²) in [4.78, 5) is 13.9. The van der Waals surface area contributed by atoms with Crippen molar-refractivity contribution in [3.05, 3.63) is 30.3 Å². The van der Waals surface area contributed by atoms with Crippen molar-refractivity contribution >= 4 is 24.0 Å². The first kappa shape index (κ1) is 18.7. The Morgan fingerprint density at radius 1 is 1.32 bits per heavy atom. The second-order valence-electron chi connectivity index (χ2n) is 5.37. The molecule has 1 aliphatic heterocycles. The minimum absolute atomic E-state index is 0. The van der Waals surface area contributed by atoms with Gasteiger partial charge in [0.25, 0.3) is 0 Å². The van der Waals surface area contributed by atoms with E-state index in [1.54, 1.807) is 0 Å². The highest BCUT2D eigenvalue weighted by Gasteiger charge is 2.14. The van der Waals surface area contributed by atoms with Gasteiger partial charge in [0.15, 0.2) is 0 Å². The normalized spacial score (nSPS) is 15.0. The van der Waals surface area contributed by atoms with Crippen LogP contribution in [-0.2, 0) is 9.53 Å². The number of para-hydroxylation sites is 1. The number of nitrogens with one attached hydrogen (secondary N) is 2. The summed E-state index contributed by atoms with van der Waals surface area (Å²) in [6.07, 6.45) is 2.21. The molecule has 0 aromatic heterocycles. The van der Waals surface area contributed by atoms with Crippen LogP contribution in [0.1, 0.15) is 12.8 Å². The summed E-state index contributed by atoms with van der Waals surface area (Å²) in [5.74, 6) is -0.0324. The first-order valence-corrected chi connectivity index (χ1v) is 7.61. The standard InChI is InChI=1S/C16H25N3O2.ClH/c1-19(14-5-3-2-4-6-14)12-11-18-16(20)13-21-15-7-9-17-10-8-15;/h2-6,15,17H,7-13H2,1H3,(H,18,20);1H. The number of amides is 1. The minimum Gasteiger partial charge on any atom is -0.373 e. The van der Waals surface area contributed by atoms with Crippen molar-refractivity contribution in [1.29, 1.82) is 0 Å². The third-order valence-electron chi connectivity index (χ3n) is 3.70. The Balaban J connectivity index is 0.00000242. The second kappa shape index (κ2) is 10.4. The van der Waals surface area contributed by atoms with Gasteiger partial charge in [-0.1, -0.05) is 18.2 Å². The third kappa shape index (κ3) is 6.64. The molecular weight excluding hydrogens is 302 g/mol. The summed E-state index contributed by atoms with van der Waals surface area (Å²) in [5, 5.41) is 6.18. The number of ether oxygens (including phenoxy) is 1. The third-order valence-corrected chi connectivity index (χ3v) is 3.70. The zero-order chi connectivity index (χ0) is 14.9. The van der Waals surface area contributed by atoms with Gasteiger partial charge in [-0.3, -0.25) is 4.79 Å². The molecular formula is C16H26ClN3O2. The molecule has 0 unspecified atom stereocenters. The summed E-state index contributed by atoms with van der Waals surface area (Å²) in [6, 6.07) is 10.1. The molecule has 0 spiro atoms. The molecule has 0 atom stereocenters. The molecule has 1 saturated heterocycles. The lowest BCUT2D eigenvalue weighted by Crippen LogP contribution is -2.38. The van der Waals surface area contributed by atoms with E-state index in [9.17, 15) is 4.79 Å². The highest BCUT2D eigenvalue weighted by Crippen LogP contribution is 2.09. The van der Waals surface area contributed by atoms with E-state index in [0.717, 1.165) is 38.2 Å². The van der Waals surface area contributed by atoms with E-state index >= 15 is 0 Å². The van der Waals surface area contributed by atoms with Crippen LogP contribution in [0, 0.1) is 0 Å². The van der Waals surface area contributed by atoms with Gasteiger partial charge in [-0.05, 0) is 38.1 Å². The number of halogens is 1. The van der Waals surface area contributed by atoms with E-state index in [0.29, 0.717) is 6.54 Å². The van der Waals surface area contributed by atoms with E-state index in [-0.39, 0.29) is 31.0 Å². The number of anilines is 1. The fourth-order valence-electron chi connectivity index (χ4n) is 2.38. The van der Waals surface area contributed by atoms with Crippen LogP contribution in [0.3, 0.4) is 0 Å². The molecule has 22 heavy (non-hydrogen) atoms. The molecule has 1 aromatic rings. The molecule has 6 heteroatoms. The van der Waals surface area contributed by atoms with Gasteiger partial charge in [-0.2, -0.15) is 0 Å². The Kier molecular flexibility index (Phi) is 8.89. The zero-order valence-electron chi connectivity index (χ0n) is 13.1. The van der Waals surface area contributed by atoms with E-state index in [1.165, 1.54) is 0 Å². The van der Waals surface area contributed by atoms with Crippen LogP contribution in [0.4, 0.5) is 5.69 Å². The maximum atomic E-state index is 11.7. The molecule has 0 radical (unpaired) electrons. The number of benzene rings is 1. The van der Waals surface area contributed by atoms with E-state index in [1.807, 2.05) is 25.2 Å². The zero-order valence-corrected chi connectivity index (χ0v) is 13.9. The van der Waals surface area contributed by atoms with Crippen LogP contribution >= 0.6 is 12.4 Å². The first-order valence-electron chi connectivity index (χ1n) is 7.61. The van der Waals surface area contributed by atoms with E-state index in [2.05, 4.69) is 27.7 Å². The molecule has 0 aliphatic carbocycles. The summed E-state index contributed by atoms with van der Waals surface area (Å²) in [5.41, 5.74) is 1.15. The van der Waals surface area contributed by atoms with E-state index < -0.39 is 0 Å². The molecule has 124 valence electrons. The first-order chi connectivity index (χ1) is 10.3. The van der Waals surface area contributed by atoms with Crippen LogP contribution in [0.25, 0.3) is 0 Å². The quantitative estimate of drug-likeness (QED) is 0.795. The smallest absolute Gasteiger partial charge is 0.246 e. The molecule has 5 nitrogen and oxygen atoms in total. The molecule has 1 aromatic carbocycles. The van der Waals surface area contributed by atoms with E-state index in [4.69, 9.17) is 4.74 Å². The summed E-state index contributed by atoms with van der Waals surface area (Å²) >= 11 is 0. The highest BCUT2D eigenvalue weighted by molar-refractivity contribution is 5.85. The fourth-order valence-corrected chi connectivity index (χ4v) is 2.38. The van der Waals surface area contributed by atoms with Gasteiger partial charge >= 0.3 is 0 Å². The molecule has 2 N–H and O–H groups in total. The summed E-state index contributed by atoms with van der Waals surface area (Å²) < 4.78 is 5.62. The number of carbonyl (C=O) groups is 1. The van der Waals surface area contributed by atoms with Crippen molar-refractivity contribution < 1.29 is 9.53 Å². The average molecular weight is 328 g/mol. The molecule has 1 fully saturated rings. The van der Waals surface area contributed by atoms with Crippen molar-refractivity contribution in [2.45, 2.75) is 18.9 Å². The van der Waals surface area contributed by atoms with Gasteiger partial charge in [-0.15, -0.1) is 12.4 Å². The second-order valence-corrected chi connectivity index (χ2v) is 5.37. The molecule has 0 saturated carbocycles. The molecule has 2 rings (SSSR count). The molecule has 1 aliphatic rings. The maximum absolute atomic E-state index is 11.7. The number of piperidine rings is 1. The number of nitrogens with zero attached hydrogens (tertiary/aromatic N) is 1. The van der Waals surface area contributed by atoms with Crippen LogP contribution in [0.2, 0.25) is 0 Å². The number of carbonyl (C=O) groups excluding carboxylic acids is 1. The Morgan fingerprint density at radius 3 is 2.68 bits per heavy atom. The lowest BCUT2D eigenvalue weighted by Gasteiger charge is -2.23. The van der Waals surface area contributed by atoms with Crippen molar-refractivity contribution in [1.82, 2.24) is 10.6 Å². The number of rotatable bonds is 7. The predicted octanol–water partition coefficient (Wildman–Crippen LogP) is 1.43. The van der Waals surface area contributed by atoms with Gasteiger partial charge < -0.3 is 20.3 Å². The Morgan fingerprint density at radius 2 is 2.00 bits per heavy atom. The lowest BCUT2D eigenvalue weighted by atomic mass is 10.1. The Bertz CT molecular complexity index is 425. The Hall–Kier alpha value is -1.30. The largest absolute Gasteiger partial charge is 0.373 e. The molecule has 1 heterocycles. The number of likely N-dealkylation sites (N-methyl/N-ethyl adjacent to an activating group) is 1. The molecule has 0 bridgehead atoms. The number of hydrogen-bond acceptors (Lipinski definition) is 4. The van der Waals surface area contributed by atoms with Gasteiger partial charge in [0.05, 0.1) is 6.10 Å². The Labute approximate surface area is 138 Å². The summed E-state index contributed by atoms with van der Waals surface area (Å²) in [6.45, 7) is 3.53. The number of hydrogen-bond donors (Lipinski definition) is 2. The highest BCUT2D eigenvalue weighted by atomic mass is 35.5. The topological polar surface area (TPSA) is 53.6 Å². The predicted molar refractivity (Wildman–Crippen MR) is 91.8 cm³/mol. The van der Waals surface area contributed by atoms with Crippen molar-refractivity contribution in [3.8, 4) is 0 Å². The molecule has 1 amide bonds. The minimum atomic E-state index is -0.0324. The SMILES string of the molecule is CN(CCNC(=O)COC1CCNCC1)c1ccccc1.Cl.